The predicted octanol–water partition coefficient (Wildman–Crippen LogP) is 1.19. The van der Waals surface area contributed by atoms with Crippen LogP contribution in [-0.4, -0.2) is 72.1 Å². The van der Waals surface area contributed by atoms with E-state index in [4.69, 9.17) is 18.9 Å². The SMILES string of the molecule is CC(=O)OC[C@@H](OC(C)=O)[C@H](OC(C)=O)[C@@H](OC(C)=O)c1nnc2nc3c(nn12)c1ccccc1n3C. The molecular formula is C23H24N6O8. The summed E-state index contributed by atoms with van der Waals surface area (Å²) in [7, 11) is 1.84. The van der Waals surface area contributed by atoms with Crippen molar-refractivity contribution in [2.45, 2.75) is 46.0 Å². The number of para-hydroxylation sites is 1. The van der Waals surface area contributed by atoms with E-state index in [0.29, 0.717) is 11.2 Å². The van der Waals surface area contributed by atoms with E-state index < -0.39 is 48.8 Å². The first-order valence-corrected chi connectivity index (χ1v) is 11.2. The van der Waals surface area contributed by atoms with Crippen LogP contribution in [0.2, 0.25) is 0 Å². The minimum atomic E-state index is -1.47. The first-order valence-electron chi connectivity index (χ1n) is 11.2. The summed E-state index contributed by atoms with van der Waals surface area (Å²) in [4.78, 5) is 52.0. The molecule has 1 aromatic carbocycles. The van der Waals surface area contributed by atoms with Crippen molar-refractivity contribution < 1.29 is 38.1 Å². The van der Waals surface area contributed by atoms with E-state index in [-0.39, 0.29) is 11.6 Å². The number of rotatable bonds is 8. The van der Waals surface area contributed by atoms with Gasteiger partial charge < -0.3 is 23.5 Å². The molecule has 194 valence electrons. The van der Waals surface area contributed by atoms with Crippen molar-refractivity contribution in [3.05, 3.63) is 30.1 Å². The van der Waals surface area contributed by atoms with Gasteiger partial charge in [0.25, 0.3) is 5.78 Å². The van der Waals surface area contributed by atoms with Gasteiger partial charge in [-0.2, -0.15) is 14.6 Å². The summed E-state index contributed by atoms with van der Waals surface area (Å²) in [6.45, 7) is 4.06. The summed E-state index contributed by atoms with van der Waals surface area (Å²) >= 11 is 0. The topological polar surface area (TPSA) is 166 Å². The van der Waals surface area contributed by atoms with Gasteiger partial charge in [0, 0.05) is 40.1 Å². The molecule has 14 nitrogen and oxygen atoms in total. The normalized spacial score (nSPS) is 13.8. The van der Waals surface area contributed by atoms with E-state index in [9.17, 15) is 19.2 Å². The van der Waals surface area contributed by atoms with Crippen LogP contribution in [0.1, 0.15) is 39.6 Å². The number of esters is 4. The van der Waals surface area contributed by atoms with Crippen molar-refractivity contribution in [1.82, 2.24) is 29.4 Å². The highest BCUT2D eigenvalue weighted by atomic mass is 16.6. The number of hydrogen-bond donors (Lipinski definition) is 0. The van der Waals surface area contributed by atoms with Crippen LogP contribution in [0.5, 0.6) is 0 Å². The van der Waals surface area contributed by atoms with Crippen LogP contribution in [-0.2, 0) is 45.2 Å². The molecule has 4 aromatic rings. The number of ether oxygens (including phenoxy) is 4. The Morgan fingerprint density at radius 2 is 1.57 bits per heavy atom. The molecule has 3 aromatic heterocycles. The number of aromatic nitrogens is 6. The van der Waals surface area contributed by atoms with Crippen molar-refractivity contribution in [3.8, 4) is 0 Å². The summed E-state index contributed by atoms with van der Waals surface area (Å²) in [5, 5.41) is 13.6. The molecule has 0 amide bonds. The van der Waals surface area contributed by atoms with E-state index in [1.54, 1.807) is 0 Å². The van der Waals surface area contributed by atoms with Crippen LogP contribution in [0.25, 0.3) is 27.8 Å². The monoisotopic (exact) mass is 512 g/mol. The third-order valence-electron chi connectivity index (χ3n) is 5.39. The lowest BCUT2D eigenvalue weighted by molar-refractivity contribution is -0.190. The quantitative estimate of drug-likeness (QED) is 0.245. The minimum absolute atomic E-state index is 0.0567. The second-order valence-electron chi connectivity index (χ2n) is 8.18. The molecule has 0 fully saturated rings. The van der Waals surface area contributed by atoms with Crippen molar-refractivity contribution in [2.75, 3.05) is 6.61 Å². The molecule has 0 radical (unpaired) electrons. The lowest BCUT2D eigenvalue weighted by atomic mass is 10.1. The molecule has 3 atom stereocenters. The predicted molar refractivity (Wildman–Crippen MR) is 125 cm³/mol. The fraction of sp³-hybridized carbons (Fsp3) is 0.391. The van der Waals surface area contributed by atoms with Gasteiger partial charge in [0.2, 0.25) is 11.9 Å². The van der Waals surface area contributed by atoms with E-state index in [2.05, 4.69) is 20.3 Å². The Labute approximate surface area is 209 Å². The van der Waals surface area contributed by atoms with Crippen molar-refractivity contribution in [2.24, 2.45) is 7.05 Å². The zero-order valence-electron chi connectivity index (χ0n) is 20.7. The highest BCUT2D eigenvalue weighted by Crippen LogP contribution is 2.29. The molecule has 0 aliphatic carbocycles. The number of carbonyl (C=O) groups is 4. The van der Waals surface area contributed by atoms with Crippen molar-refractivity contribution >= 4 is 51.7 Å². The minimum Gasteiger partial charge on any atom is -0.462 e. The summed E-state index contributed by atoms with van der Waals surface area (Å²) < 4.78 is 24.3. The highest BCUT2D eigenvalue weighted by molar-refractivity contribution is 6.04. The maximum Gasteiger partial charge on any atom is 0.303 e. The lowest BCUT2D eigenvalue weighted by Gasteiger charge is -2.30. The molecule has 0 bridgehead atoms. The Morgan fingerprint density at radius 1 is 0.892 bits per heavy atom. The van der Waals surface area contributed by atoms with Crippen LogP contribution in [0.3, 0.4) is 0 Å². The number of carbonyl (C=O) groups excluding carboxylic acids is 4. The van der Waals surface area contributed by atoms with Gasteiger partial charge in [-0.05, 0) is 6.07 Å². The maximum absolute atomic E-state index is 12.1. The Hall–Kier alpha value is -4.62. The molecule has 0 spiro atoms. The van der Waals surface area contributed by atoms with Gasteiger partial charge in [-0.3, -0.25) is 19.2 Å². The number of aryl methyl sites for hydroxylation is 1. The molecular weight excluding hydrogens is 488 g/mol. The van der Waals surface area contributed by atoms with Crippen LogP contribution in [0.4, 0.5) is 0 Å². The fourth-order valence-corrected chi connectivity index (χ4v) is 3.99. The average Bonchev–Trinajstić information content (AvgIpc) is 3.36. The summed E-state index contributed by atoms with van der Waals surface area (Å²) in [6, 6.07) is 7.54. The smallest absolute Gasteiger partial charge is 0.303 e. The zero-order chi connectivity index (χ0) is 26.9. The largest absolute Gasteiger partial charge is 0.462 e. The third-order valence-corrected chi connectivity index (χ3v) is 5.39. The molecule has 0 unspecified atom stereocenters. The van der Waals surface area contributed by atoms with E-state index >= 15 is 0 Å². The van der Waals surface area contributed by atoms with Crippen LogP contribution in [0.15, 0.2) is 24.3 Å². The molecule has 0 N–H and O–H groups in total. The fourth-order valence-electron chi connectivity index (χ4n) is 3.99. The molecule has 0 aliphatic heterocycles. The molecule has 4 rings (SSSR count). The van der Waals surface area contributed by atoms with Gasteiger partial charge in [0.05, 0.1) is 5.52 Å². The Morgan fingerprint density at radius 3 is 2.22 bits per heavy atom. The summed E-state index contributed by atoms with van der Waals surface area (Å²) in [5.74, 6) is -2.93. The Balaban J connectivity index is 1.90. The van der Waals surface area contributed by atoms with Gasteiger partial charge in [0.15, 0.2) is 17.9 Å². The molecule has 0 aliphatic rings. The number of benzene rings is 1. The third kappa shape index (κ3) is 5.17. The highest BCUT2D eigenvalue weighted by Gasteiger charge is 2.42. The van der Waals surface area contributed by atoms with Crippen molar-refractivity contribution in [1.29, 1.82) is 0 Å². The average molecular weight is 512 g/mol. The first-order chi connectivity index (χ1) is 17.6. The molecule has 14 heteroatoms. The molecule has 3 heterocycles. The zero-order valence-corrected chi connectivity index (χ0v) is 20.7. The van der Waals surface area contributed by atoms with Gasteiger partial charge in [0.1, 0.15) is 12.1 Å². The van der Waals surface area contributed by atoms with Gasteiger partial charge in [-0.15, -0.1) is 10.2 Å². The van der Waals surface area contributed by atoms with E-state index in [1.165, 1.54) is 4.52 Å². The van der Waals surface area contributed by atoms with Crippen LogP contribution in [0, 0.1) is 0 Å². The Bertz CT molecular complexity index is 1530. The maximum atomic E-state index is 12.1. The number of nitrogens with zero attached hydrogens (tertiary/aromatic N) is 6. The number of fused-ring (bicyclic) bond motifs is 4. The second kappa shape index (κ2) is 10.2. The van der Waals surface area contributed by atoms with Crippen LogP contribution >= 0.6 is 0 Å². The molecule has 0 saturated heterocycles. The van der Waals surface area contributed by atoms with Gasteiger partial charge in [-0.1, -0.05) is 18.2 Å². The number of hydrogen-bond acceptors (Lipinski definition) is 12. The van der Waals surface area contributed by atoms with E-state index in [0.717, 1.165) is 38.6 Å². The summed E-state index contributed by atoms with van der Waals surface area (Å²) in [6.07, 6.45) is -4.28. The Kier molecular flexibility index (Phi) is 7.00. The lowest BCUT2D eigenvalue weighted by Crippen LogP contribution is -2.44. The standard InChI is InChI=1S/C23H24N6O8/c1-11(30)34-10-17(35-12(2)31)19(36-13(3)32)20(37-14(4)33)22-25-26-23-24-21-18(27-29(22)23)15-8-6-7-9-16(15)28(21)5/h6-9,17,19-20H,10H2,1-5H3/t17-,19+,20-/m1/s1. The second-order valence-corrected chi connectivity index (χ2v) is 8.18. The molecule has 0 saturated carbocycles. The van der Waals surface area contributed by atoms with Gasteiger partial charge in [-0.25, -0.2) is 0 Å². The van der Waals surface area contributed by atoms with Gasteiger partial charge >= 0.3 is 23.9 Å². The van der Waals surface area contributed by atoms with E-state index in [1.807, 2.05) is 35.9 Å². The van der Waals surface area contributed by atoms with Crippen molar-refractivity contribution in [3.63, 3.8) is 0 Å². The summed E-state index contributed by atoms with van der Waals surface area (Å²) in [5.41, 5.74) is 1.94. The first kappa shape index (κ1) is 25.5. The van der Waals surface area contributed by atoms with Crippen LogP contribution < -0.4 is 0 Å². The molecule has 37 heavy (non-hydrogen) atoms.